The summed E-state index contributed by atoms with van der Waals surface area (Å²) in [4.78, 5) is 22.3. The predicted molar refractivity (Wildman–Crippen MR) is 81.2 cm³/mol. The molecule has 0 bridgehead atoms. The van der Waals surface area contributed by atoms with E-state index in [1.165, 1.54) is 29.4 Å². The van der Waals surface area contributed by atoms with Crippen LogP contribution in [-0.4, -0.2) is 28.6 Å². The van der Waals surface area contributed by atoms with Crippen molar-refractivity contribution in [2.24, 2.45) is 0 Å². The second-order valence-electron chi connectivity index (χ2n) is 4.56. The van der Waals surface area contributed by atoms with E-state index in [4.69, 9.17) is 0 Å². The average molecular weight is 304 g/mol. The maximum Gasteiger partial charge on any atom is 0.245 e. The lowest BCUT2D eigenvalue weighted by atomic mass is 10.1. The third kappa shape index (κ3) is 4.64. The number of amides is 2. The van der Waals surface area contributed by atoms with Gasteiger partial charge in [0.1, 0.15) is 5.01 Å². The first-order valence-electron chi connectivity index (χ1n) is 6.46. The van der Waals surface area contributed by atoms with Gasteiger partial charge in [0.2, 0.25) is 16.9 Å². The molecule has 2 aromatic rings. The molecular weight excluding hydrogens is 288 g/mol. The van der Waals surface area contributed by atoms with Gasteiger partial charge in [-0.05, 0) is 18.1 Å². The molecule has 0 aliphatic rings. The summed E-state index contributed by atoms with van der Waals surface area (Å²) in [6.07, 6.45) is 0.686. The van der Waals surface area contributed by atoms with Crippen molar-refractivity contribution < 1.29 is 9.59 Å². The van der Waals surface area contributed by atoms with Crippen LogP contribution in [0.3, 0.4) is 0 Å². The molecule has 0 radical (unpaired) electrons. The summed E-state index contributed by atoms with van der Waals surface area (Å²) < 4.78 is 0. The molecule has 0 unspecified atom stereocenters. The topological polar surface area (TPSA) is 84.0 Å². The fourth-order valence-corrected chi connectivity index (χ4v) is 2.49. The Labute approximate surface area is 126 Å². The second kappa shape index (κ2) is 6.94. The van der Waals surface area contributed by atoms with Crippen molar-refractivity contribution in [3.05, 3.63) is 40.4 Å². The summed E-state index contributed by atoms with van der Waals surface area (Å²) in [5, 5.41) is 14.3. The van der Waals surface area contributed by atoms with E-state index in [-0.39, 0.29) is 18.4 Å². The van der Waals surface area contributed by atoms with Crippen LogP contribution in [0.25, 0.3) is 0 Å². The lowest BCUT2D eigenvalue weighted by Gasteiger charge is -2.02. The van der Waals surface area contributed by atoms with Crippen LogP contribution in [0.2, 0.25) is 0 Å². The van der Waals surface area contributed by atoms with Crippen molar-refractivity contribution in [1.29, 1.82) is 0 Å². The Balaban J connectivity index is 1.94. The first kappa shape index (κ1) is 15.1. The molecule has 2 N–H and O–H groups in total. The van der Waals surface area contributed by atoms with Crippen molar-refractivity contribution in [3.63, 3.8) is 0 Å². The minimum absolute atomic E-state index is 0.0674. The molecule has 0 saturated heterocycles. The zero-order valence-electron chi connectivity index (χ0n) is 11.8. The lowest BCUT2D eigenvalue weighted by molar-refractivity contribution is -0.122. The molecule has 1 aromatic heterocycles. The van der Waals surface area contributed by atoms with E-state index in [1.807, 2.05) is 31.2 Å². The van der Waals surface area contributed by atoms with Crippen LogP contribution >= 0.6 is 11.3 Å². The normalized spacial score (nSPS) is 10.2. The highest BCUT2D eigenvalue weighted by Crippen LogP contribution is 2.19. The number of hydrogen-bond acceptors (Lipinski definition) is 5. The van der Waals surface area contributed by atoms with Gasteiger partial charge in [0.25, 0.3) is 0 Å². The Hall–Kier alpha value is -2.28. The summed E-state index contributed by atoms with van der Waals surface area (Å²) in [5.41, 5.74) is 2.38. The van der Waals surface area contributed by atoms with E-state index < -0.39 is 0 Å². The van der Waals surface area contributed by atoms with Crippen LogP contribution in [-0.2, 0) is 16.0 Å². The van der Waals surface area contributed by atoms with Gasteiger partial charge in [-0.25, -0.2) is 0 Å². The summed E-state index contributed by atoms with van der Waals surface area (Å²) in [7, 11) is 0. The molecule has 0 spiro atoms. The lowest BCUT2D eigenvalue weighted by Crippen LogP contribution is -2.31. The molecular formula is C14H16N4O2S. The quantitative estimate of drug-likeness (QED) is 0.877. The van der Waals surface area contributed by atoms with Crippen LogP contribution in [0, 0.1) is 6.92 Å². The highest BCUT2D eigenvalue weighted by Gasteiger charge is 2.09. The smallest absolute Gasteiger partial charge is 0.245 e. The fraction of sp³-hybridized carbons (Fsp3) is 0.286. The van der Waals surface area contributed by atoms with Crippen LogP contribution < -0.4 is 10.6 Å². The largest absolute Gasteiger partial charge is 0.347 e. The Morgan fingerprint density at radius 2 is 2.00 bits per heavy atom. The standard InChI is InChI=1S/C14H16N4O2S/c1-9-5-3-4-6-11(9)7-13-17-18-14(21-13)16-12(20)8-15-10(2)19/h3-6H,7-8H2,1-2H3,(H,15,19)(H,16,18,20). The van der Waals surface area contributed by atoms with Gasteiger partial charge in [0.05, 0.1) is 6.54 Å². The summed E-state index contributed by atoms with van der Waals surface area (Å²) in [5.74, 6) is -0.563. The number of carbonyl (C=O) groups is 2. The highest BCUT2D eigenvalue weighted by molar-refractivity contribution is 7.15. The van der Waals surface area contributed by atoms with E-state index in [0.29, 0.717) is 11.6 Å². The third-order valence-corrected chi connectivity index (χ3v) is 3.65. The van der Waals surface area contributed by atoms with Gasteiger partial charge >= 0.3 is 0 Å². The summed E-state index contributed by atoms with van der Waals surface area (Å²) >= 11 is 1.33. The van der Waals surface area contributed by atoms with Crippen LogP contribution in [0.4, 0.5) is 5.13 Å². The van der Waals surface area contributed by atoms with Gasteiger partial charge in [-0.15, -0.1) is 10.2 Å². The summed E-state index contributed by atoms with van der Waals surface area (Å²) in [6.45, 7) is 3.34. The molecule has 2 amide bonds. The Morgan fingerprint density at radius 1 is 1.24 bits per heavy atom. The van der Waals surface area contributed by atoms with Gasteiger partial charge in [0.15, 0.2) is 0 Å². The number of aryl methyl sites for hydroxylation is 1. The predicted octanol–water partition coefficient (Wildman–Crippen LogP) is 1.51. The first-order chi connectivity index (χ1) is 10.0. The van der Waals surface area contributed by atoms with Crippen molar-refractivity contribution in [2.75, 3.05) is 11.9 Å². The monoisotopic (exact) mass is 304 g/mol. The summed E-state index contributed by atoms with van der Waals surface area (Å²) in [6, 6.07) is 8.07. The molecule has 7 heteroatoms. The van der Waals surface area contributed by atoms with Gasteiger partial charge < -0.3 is 5.32 Å². The molecule has 0 fully saturated rings. The van der Waals surface area contributed by atoms with Crippen molar-refractivity contribution in [3.8, 4) is 0 Å². The minimum Gasteiger partial charge on any atom is -0.347 e. The van der Waals surface area contributed by atoms with Crippen molar-refractivity contribution in [2.45, 2.75) is 20.3 Å². The third-order valence-electron chi connectivity index (χ3n) is 2.81. The number of nitrogens with one attached hydrogen (secondary N) is 2. The molecule has 6 nitrogen and oxygen atoms in total. The molecule has 0 aliphatic carbocycles. The molecule has 0 atom stereocenters. The van der Waals surface area contributed by atoms with E-state index in [9.17, 15) is 9.59 Å². The van der Waals surface area contributed by atoms with Gasteiger partial charge in [0, 0.05) is 13.3 Å². The first-order valence-corrected chi connectivity index (χ1v) is 7.27. The molecule has 110 valence electrons. The number of anilines is 1. The van der Waals surface area contributed by atoms with Crippen molar-refractivity contribution >= 4 is 28.3 Å². The highest BCUT2D eigenvalue weighted by atomic mass is 32.1. The molecule has 1 heterocycles. The van der Waals surface area contributed by atoms with Crippen LogP contribution in [0.5, 0.6) is 0 Å². The molecule has 2 rings (SSSR count). The van der Waals surface area contributed by atoms with E-state index in [0.717, 1.165) is 5.01 Å². The maximum atomic E-state index is 11.6. The second-order valence-corrected chi connectivity index (χ2v) is 5.62. The molecule has 21 heavy (non-hydrogen) atoms. The Kier molecular flexibility index (Phi) is 4.99. The Bertz CT molecular complexity index is 654. The molecule has 0 aliphatic heterocycles. The maximum absolute atomic E-state index is 11.6. The van der Waals surface area contributed by atoms with Crippen LogP contribution in [0.1, 0.15) is 23.1 Å². The van der Waals surface area contributed by atoms with E-state index in [2.05, 4.69) is 20.8 Å². The van der Waals surface area contributed by atoms with E-state index in [1.54, 1.807) is 0 Å². The number of rotatable bonds is 5. The van der Waals surface area contributed by atoms with Gasteiger partial charge in [-0.3, -0.25) is 14.9 Å². The van der Waals surface area contributed by atoms with E-state index >= 15 is 0 Å². The number of carbonyl (C=O) groups excluding carboxylic acids is 2. The number of hydrogen-bond donors (Lipinski definition) is 2. The molecule has 1 aromatic carbocycles. The van der Waals surface area contributed by atoms with Gasteiger partial charge in [-0.2, -0.15) is 0 Å². The molecule has 0 saturated carbocycles. The fourth-order valence-electron chi connectivity index (χ4n) is 1.72. The van der Waals surface area contributed by atoms with Crippen LogP contribution in [0.15, 0.2) is 24.3 Å². The van der Waals surface area contributed by atoms with Gasteiger partial charge in [-0.1, -0.05) is 35.6 Å². The Morgan fingerprint density at radius 3 is 2.71 bits per heavy atom. The SMILES string of the molecule is CC(=O)NCC(=O)Nc1nnc(Cc2ccccc2C)s1. The zero-order chi connectivity index (χ0) is 15.2. The number of benzene rings is 1. The average Bonchev–Trinajstić information content (AvgIpc) is 2.86. The minimum atomic E-state index is -0.316. The van der Waals surface area contributed by atoms with Crippen molar-refractivity contribution in [1.82, 2.24) is 15.5 Å². The number of nitrogens with zero attached hydrogens (tertiary/aromatic N) is 2. The number of aromatic nitrogens is 2. The zero-order valence-corrected chi connectivity index (χ0v) is 12.7.